The van der Waals surface area contributed by atoms with E-state index < -0.39 is 0 Å². The lowest BCUT2D eigenvalue weighted by Crippen LogP contribution is -2.21. The van der Waals surface area contributed by atoms with Crippen LogP contribution in [0.1, 0.15) is 5.69 Å². The third kappa shape index (κ3) is 3.51. The van der Waals surface area contributed by atoms with E-state index in [1.54, 1.807) is 22.2 Å². The summed E-state index contributed by atoms with van der Waals surface area (Å²) in [6.07, 6.45) is 1.61. The zero-order valence-corrected chi connectivity index (χ0v) is 17.5. The second kappa shape index (κ2) is 7.55. The third-order valence-corrected chi connectivity index (χ3v) is 6.70. The number of fused-ring (bicyclic) bond motifs is 1. The molecular formula is C22H14ClN3OS2. The number of aromatic nitrogens is 3. The van der Waals surface area contributed by atoms with Gasteiger partial charge in [-0.2, -0.15) is 0 Å². The summed E-state index contributed by atoms with van der Waals surface area (Å²) in [6.45, 7) is 0.385. The molecule has 2 aromatic carbocycles. The second-order valence-electron chi connectivity index (χ2n) is 6.52. The topological polar surface area (TPSA) is 47.8 Å². The summed E-state index contributed by atoms with van der Waals surface area (Å²) < 4.78 is 1.63. The molecule has 0 aliphatic rings. The number of hydrogen-bond acceptors (Lipinski definition) is 5. The van der Waals surface area contributed by atoms with Crippen molar-refractivity contribution in [3.05, 3.63) is 92.8 Å². The Bertz CT molecular complexity index is 1350. The van der Waals surface area contributed by atoms with Gasteiger partial charge in [-0.3, -0.25) is 9.36 Å². The molecule has 0 aliphatic carbocycles. The van der Waals surface area contributed by atoms with Crippen molar-refractivity contribution >= 4 is 44.5 Å². The summed E-state index contributed by atoms with van der Waals surface area (Å²) in [6, 6.07) is 17.5. The Morgan fingerprint density at radius 2 is 1.72 bits per heavy atom. The van der Waals surface area contributed by atoms with Gasteiger partial charge in [0, 0.05) is 26.9 Å². The fourth-order valence-corrected chi connectivity index (χ4v) is 5.04. The summed E-state index contributed by atoms with van der Waals surface area (Å²) >= 11 is 9.01. The van der Waals surface area contributed by atoms with Gasteiger partial charge in [0.25, 0.3) is 5.56 Å². The smallest absolute Gasteiger partial charge is 0.263 e. The Kier molecular flexibility index (Phi) is 4.75. The minimum Gasteiger partial charge on any atom is -0.293 e. The highest BCUT2D eigenvalue weighted by Crippen LogP contribution is 2.30. The molecule has 7 heteroatoms. The predicted molar refractivity (Wildman–Crippen MR) is 121 cm³/mol. The van der Waals surface area contributed by atoms with Crippen molar-refractivity contribution < 1.29 is 0 Å². The molecule has 5 rings (SSSR count). The van der Waals surface area contributed by atoms with Crippen molar-refractivity contribution in [1.82, 2.24) is 14.5 Å². The molecule has 0 saturated carbocycles. The van der Waals surface area contributed by atoms with Crippen LogP contribution in [-0.2, 0) is 6.54 Å². The van der Waals surface area contributed by atoms with E-state index in [0.717, 1.165) is 32.2 Å². The van der Waals surface area contributed by atoms with Crippen LogP contribution in [0.25, 0.3) is 31.9 Å². The van der Waals surface area contributed by atoms with E-state index in [2.05, 4.69) is 9.97 Å². The van der Waals surface area contributed by atoms with Crippen molar-refractivity contribution in [1.29, 1.82) is 0 Å². The Morgan fingerprint density at radius 3 is 2.52 bits per heavy atom. The van der Waals surface area contributed by atoms with Gasteiger partial charge in [-0.1, -0.05) is 54.1 Å². The zero-order valence-electron chi connectivity index (χ0n) is 15.1. The zero-order chi connectivity index (χ0) is 19.8. The molecule has 0 bridgehead atoms. The number of hydrogen-bond donors (Lipinski definition) is 0. The standard InChI is InChI=1S/C22H14ClN3OS2/c23-16-8-6-15(7-9-16)20-25-17(11-28-20)10-26-13-24-21-19(22(26)27)18(12-29-21)14-4-2-1-3-5-14/h1-9,11-13H,10H2. The minimum atomic E-state index is -0.0452. The van der Waals surface area contributed by atoms with Gasteiger partial charge in [-0.25, -0.2) is 9.97 Å². The normalized spacial score (nSPS) is 11.2. The predicted octanol–water partition coefficient (Wildman–Crippen LogP) is 5.95. The highest BCUT2D eigenvalue weighted by Gasteiger charge is 2.14. The van der Waals surface area contributed by atoms with Crippen LogP contribution in [0.3, 0.4) is 0 Å². The fourth-order valence-electron chi connectivity index (χ4n) is 3.19. The maximum Gasteiger partial charge on any atom is 0.263 e. The molecule has 0 spiro atoms. The molecule has 0 N–H and O–H groups in total. The van der Waals surface area contributed by atoms with Gasteiger partial charge >= 0.3 is 0 Å². The van der Waals surface area contributed by atoms with Crippen molar-refractivity contribution in [2.45, 2.75) is 6.54 Å². The molecule has 3 heterocycles. The summed E-state index contributed by atoms with van der Waals surface area (Å²) in [5, 5.41) is 6.24. The first-order chi connectivity index (χ1) is 14.2. The number of rotatable bonds is 4. The molecule has 0 saturated heterocycles. The van der Waals surface area contributed by atoms with Crippen molar-refractivity contribution in [2.24, 2.45) is 0 Å². The van der Waals surface area contributed by atoms with E-state index in [0.29, 0.717) is 17.0 Å². The molecule has 0 radical (unpaired) electrons. The Hall–Kier alpha value is -2.80. The van der Waals surface area contributed by atoms with Crippen LogP contribution in [0.5, 0.6) is 0 Å². The van der Waals surface area contributed by atoms with Gasteiger partial charge in [0.05, 0.1) is 24.0 Å². The molecule has 0 atom stereocenters. The molecular weight excluding hydrogens is 422 g/mol. The van der Waals surface area contributed by atoms with Crippen LogP contribution in [0.2, 0.25) is 5.02 Å². The second-order valence-corrected chi connectivity index (χ2v) is 8.68. The molecule has 0 fully saturated rings. The van der Waals surface area contributed by atoms with Crippen molar-refractivity contribution in [2.75, 3.05) is 0 Å². The van der Waals surface area contributed by atoms with Crippen LogP contribution in [-0.4, -0.2) is 14.5 Å². The van der Waals surface area contributed by atoms with Crippen LogP contribution in [0.4, 0.5) is 0 Å². The third-order valence-electron chi connectivity index (χ3n) is 4.62. The lowest BCUT2D eigenvalue weighted by atomic mass is 10.1. The molecule has 0 aliphatic heterocycles. The van der Waals surface area contributed by atoms with E-state index in [-0.39, 0.29) is 5.56 Å². The minimum absolute atomic E-state index is 0.0452. The monoisotopic (exact) mass is 435 g/mol. The van der Waals surface area contributed by atoms with E-state index in [1.165, 1.54) is 11.3 Å². The summed E-state index contributed by atoms with van der Waals surface area (Å²) in [4.78, 5) is 23.1. The average Bonchev–Trinajstić information content (AvgIpc) is 3.39. The number of nitrogens with zero attached hydrogens (tertiary/aromatic N) is 3. The number of benzene rings is 2. The van der Waals surface area contributed by atoms with E-state index in [4.69, 9.17) is 11.6 Å². The number of thiazole rings is 1. The van der Waals surface area contributed by atoms with Crippen LogP contribution in [0, 0.1) is 0 Å². The average molecular weight is 436 g/mol. The van der Waals surface area contributed by atoms with Gasteiger partial charge in [-0.15, -0.1) is 22.7 Å². The van der Waals surface area contributed by atoms with Gasteiger partial charge in [0.2, 0.25) is 0 Å². The molecule has 142 valence electrons. The maximum absolute atomic E-state index is 13.2. The first kappa shape index (κ1) is 18.2. The molecule has 0 unspecified atom stereocenters. The van der Waals surface area contributed by atoms with E-state index in [1.807, 2.05) is 65.4 Å². The first-order valence-corrected chi connectivity index (χ1v) is 11.1. The maximum atomic E-state index is 13.2. The Balaban J connectivity index is 1.51. The Labute approximate surface area is 179 Å². The van der Waals surface area contributed by atoms with Crippen LogP contribution >= 0.6 is 34.3 Å². The highest BCUT2D eigenvalue weighted by molar-refractivity contribution is 7.17. The first-order valence-electron chi connectivity index (χ1n) is 8.91. The fraction of sp³-hybridized carbons (Fsp3) is 0.0455. The van der Waals surface area contributed by atoms with Crippen LogP contribution < -0.4 is 5.56 Å². The van der Waals surface area contributed by atoms with Crippen LogP contribution in [0.15, 0.2) is 76.5 Å². The number of thiophene rings is 1. The quantitative estimate of drug-likeness (QED) is 0.350. The summed E-state index contributed by atoms with van der Waals surface area (Å²) in [5.41, 5.74) is 3.75. The summed E-state index contributed by atoms with van der Waals surface area (Å²) in [5.74, 6) is 0. The van der Waals surface area contributed by atoms with Gasteiger partial charge < -0.3 is 0 Å². The largest absolute Gasteiger partial charge is 0.293 e. The van der Waals surface area contributed by atoms with Gasteiger partial charge in [0.15, 0.2) is 0 Å². The highest BCUT2D eigenvalue weighted by atomic mass is 35.5. The molecule has 0 amide bonds. The molecule has 29 heavy (non-hydrogen) atoms. The van der Waals surface area contributed by atoms with Gasteiger partial charge in [-0.05, 0) is 17.7 Å². The molecule has 4 nitrogen and oxygen atoms in total. The SMILES string of the molecule is O=c1c2c(-c3ccccc3)csc2ncn1Cc1csc(-c2ccc(Cl)cc2)n1. The van der Waals surface area contributed by atoms with Gasteiger partial charge in [0.1, 0.15) is 9.84 Å². The number of halogens is 1. The Morgan fingerprint density at radius 1 is 0.931 bits per heavy atom. The van der Waals surface area contributed by atoms with Crippen molar-refractivity contribution in [3.8, 4) is 21.7 Å². The van der Waals surface area contributed by atoms with Crippen molar-refractivity contribution in [3.63, 3.8) is 0 Å². The van der Waals surface area contributed by atoms with E-state index >= 15 is 0 Å². The molecule has 3 aromatic heterocycles. The summed E-state index contributed by atoms with van der Waals surface area (Å²) in [7, 11) is 0. The molecule has 5 aromatic rings. The lowest BCUT2D eigenvalue weighted by Gasteiger charge is -2.04. The van der Waals surface area contributed by atoms with E-state index in [9.17, 15) is 4.79 Å². The lowest BCUT2D eigenvalue weighted by molar-refractivity contribution is 0.735.